The Morgan fingerprint density at radius 2 is 1.40 bits per heavy atom. The van der Waals surface area contributed by atoms with Crippen molar-refractivity contribution < 1.29 is 0 Å². The van der Waals surface area contributed by atoms with Gasteiger partial charge in [0.05, 0.1) is 0 Å². The van der Waals surface area contributed by atoms with E-state index in [4.69, 9.17) is 0 Å². The van der Waals surface area contributed by atoms with E-state index in [0.717, 1.165) is 5.92 Å². The predicted octanol–water partition coefficient (Wildman–Crippen LogP) is 5.88. The first-order valence-corrected chi connectivity index (χ1v) is 8.51. The first kappa shape index (κ1) is 21.5. The Balaban J connectivity index is 0. The fraction of sp³-hybridized carbons (Fsp3) is 0.684. The molecule has 0 saturated carbocycles. The van der Waals surface area contributed by atoms with Crippen molar-refractivity contribution in [1.82, 2.24) is 4.90 Å². The third kappa shape index (κ3) is 8.37. The number of likely N-dealkylation sites (N-methyl/N-ethyl adjacent to an activating group) is 1. The van der Waals surface area contributed by atoms with Gasteiger partial charge >= 0.3 is 0 Å². The van der Waals surface area contributed by atoms with E-state index < -0.39 is 0 Å². The normalized spacial score (nSPS) is 17.5. The predicted molar refractivity (Wildman–Crippen MR) is 94.7 cm³/mol. The third-order valence-electron chi connectivity index (χ3n) is 3.17. The molecule has 1 aliphatic rings. The van der Waals surface area contributed by atoms with Crippen LogP contribution in [0.3, 0.4) is 0 Å². The summed E-state index contributed by atoms with van der Waals surface area (Å²) in [6.45, 7) is 16.6. The van der Waals surface area contributed by atoms with Crippen LogP contribution in [0.5, 0.6) is 0 Å². The molecule has 0 N–H and O–H groups in total. The van der Waals surface area contributed by atoms with Crippen molar-refractivity contribution in [2.24, 2.45) is 0 Å². The largest absolute Gasteiger partial charge is 0.306 e. The highest BCUT2D eigenvalue weighted by Crippen LogP contribution is 2.26. The van der Waals surface area contributed by atoms with E-state index in [0.29, 0.717) is 0 Å². The molecule has 2 rings (SSSR count). The highest BCUT2D eigenvalue weighted by molar-refractivity contribution is 5.25. The van der Waals surface area contributed by atoms with Crippen molar-refractivity contribution in [2.45, 2.75) is 67.2 Å². The summed E-state index contributed by atoms with van der Waals surface area (Å²) in [7, 11) is 2.22. The van der Waals surface area contributed by atoms with E-state index in [1.807, 2.05) is 41.5 Å². The van der Waals surface area contributed by atoms with Gasteiger partial charge in [0.15, 0.2) is 0 Å². The van der Waals surface area contributed by atoms with Crippen molar-refractivity contribution >= 4 is 0 Å². The number of rotatable bonds is 1. The number of likely N-dealkylation sites (tertiary alicyclic amines) is 1. The van der Waals surface area contributed by atoms with Crippen LogP contribution in [0.15, 0.2) is 24.3 Å². The van der Waals surface area contributed by atoms with Gasteiger partial charge in [0.1, 0.15) is 0 Å². The van der Waals surface area contributed by atoms with Gasteiger partial charge in [-0.25, -0.2) is 0 Å². The Morgan fingerprint density at radius 3 is 1.85 bits per heavy atom. The van der Waals surface area contributed by atoms with Gasteiger partial charge in [0, 0.05) is 6.54 Å². The minimum atomic E-state index is 0.759. The van der Waals surface area contributed by atoms with Gasteiger partial charge in [-0.05, 0) is 44.8 Å². The molecular formula is C19H37N. The van der Waals surface area contributed by atoms with Gasteiger partial charge in [0.2, 0.25) is 0 Å². The molecule has 1 aromatic carbocycles. The second kappa shape index (κ2) is 14.6. The first-order chi connectivity index (χ1) is 9.75. The van der Waals surface area contributed by atoms with E-state index in [2.05, 4.69) is 43.1 Å². The van der Waals surface area contributed by atoms with Gasteiger partial charge in [-0.15, -0.1) is 0 Å². The molecule has 0 spiro atoms. The molecule has 1 atom stereocenters. The summed E-state index contributed by atoms with van der Waals surface area (Å²) in [5.41, 5.74) is 2.88. The summed E-state index contributed by atoms with van der Waals surface area (Å²) < 4.78 is 0. The van der Waals surface area contributed by atoms with Crippen LogP contribution >= 0.6 is 0 Å². The summed E-state index contributed by atoms with van der Waals surface area (Å²) in [4.78, 5) is 2.44. The molecule has 1 fully saturated rings. The molecular weight excluding hydrogens is 242 g/mol. The lowest BCUT2D eigenvalue weighted by molar-refractivity contribution is 0.251. The monoisotopic (exact) mass is 279 g/mol. The highest BCUT2D eigenvalue weighted by atomic mass is 15.1. The number of benzene rings is 1. The quantitative estimate of drug-likeness (QED) is 0.620. The Morgan fingerprint density at radius 1 is 0.900 bits per heavy atom. The molecule has 20 heavy (non-hydrogen) atoms. The molecule has 1 saturated heterocycles. The average Bonchev–Trinajstić information content (AvgIpc) is 2.54. The van der Waals surface area contributed by atoms with Gasteiger partial charge in [-0.3, -0.25) is 0 Å². The Labute approximate surface area is 128 Å². The zero-order chi connectivity index (χ0) is 16.0. The minimum absolute atomic E-state index is 0.759. The van der Waals surface area contributed by atoms with Crippen LogP contribution in [0, 0.1) is 6.92 Å². The Hall–Kier alpha value is -0.820. The molecule has 1 heteroatoms. The van der Waals surface area contributed by atoms with Crippen LogP contribution in [-0.2, 0) is 0 Å². The molecule has 1 nitrogen and oxygen atoms in total. The SMILES string of the molecule is CC.CC.CC.Cc1ccc(C2CCCN(C)C2)cc1. The lowest BCUT2D eigenvalue weighted by Crippen LogP contribution is -2.30. The molecule has 1 unspecified atom stereocenters. The third-order valence-corrected chi connectivity index (χ3v) is 3.17. The number of aryl methyl sites for hydroxylation is 1. The molecule has 0 aliphatic carbocycles. The van der Waals surface area contributed by atoms with Crippen molar-refractivity contribution in [1.29, 1.82) is 0 Å². The number of hydrogen-bond donors (Lipinski definition) is 0. The molecule has 118 valence electrons. The number of piperidine rings is 1. The average molecular weight is 280 g/mol. The van der Waals surface area contributed by atoms with Crippen molar-refractivity contribution in [3.8, 4) is 0 Å². The van der Waals surface area contributed by atoms with Gasteiger partial charge < -0.3 is 4.90 Å². The molecule has 1 aromatic rings. The molecule has 0 radical (unpaired) electrons. The van der Waals surface area contributed by atoms with E-state index in [1.165, 1.54) is 37.1 Å². The van der Waals surface area contributed by atoms with Crippen LogP contribution in [0.4, 0.5) is 0 Å². The van der Waals surface area contributed by atoms with Gasteiger partial charge in [-0.2, -0.15) is 0 Å². The molecule has 1 aliphatic heterocycles. The Bertz CT molecular complexity index is 289. The summed E-state index contributed by atoms with van der Waals surface area (Å²) in [5, 5.41) is 0. The zero-order valence-electron chi connectivity index (χ0n) is 15.2. The lowest BCUT2D eigenvalue weighted by atomic mass is 9.90. The second-order valence-corrected chi connectivity index (χ2v) is 4.51. The maximum Gasteiger partial charge on any atom is 0.00472 e. The van der Waals surface area contributed by atoms with E-state index in [9.17, 15) is 0 Å². The standard InChI is InChI=1S/C13H19N.3C2H6/c1-11-5-7-12(8-6-11)13-4-3-9-14(2)10-13;3*1-2/h5-8,13H,3-4,9-10H2,1-2H3;3*1-2H3. The minimum Gasteiger partial charge on any atom is -0.306 e. The van der Waals surface area contributed by atoms with E-state index >= 15 is 0 Å². The second-order valence-electron chi connectivity index (χ2n) is 4.51. The fourth-order valence-electron chi connectivity index (χ4n) is 2.28. The summed E-state index contributed by atoms with van der Waals surface area (Å²) in [6.07, 6.45) is 2.70. The zero-order valence-corrected chi connectivity index (χ0v) is 15.2. The van der Waals surface area contributed by atoms with Crippen LogP contribution < -0.4 is 0 Å². The van der Waals surface area contributed by atoms with Crippen molar-refractivity contribution in [3.63, 3.8) is 0 Å². The Kier molecular flexibility index (Phi) is 15.7. The van der Waals surface area contributed by atoms with Crippen LogP contribution in [0.1, 0.15) is 71.4 Å². The lowest BCUT2D eigenvalue weighted by Gasteiger charge is -2.29. The van der Waals surface area contributed by atoms with Gasteiger partial charge in [0.25, 0.3) is 0 Å². The van der Waals surface area contributed by atoms with Crippen molar-refractivity contribution in [2.75, 3.05) is 20.1 Å². The van der Waals surface area contributed by atoms with E-state index in [-0.39, 0.29) is 0 Å². The summed E-state index contributed by atoms with van der Waals surface area (Å²) in [5.74, 6) is 0.759. The molecule has 0 amide bonds. The van der Waals surface area contributed by atoms with Crippen LogP contribution in [0.2, 0.25) is 0 Å². The molecule has 1 heterocycles. The first-order valence-electron chi connectivity index (χ1n) is 8.51. The summed E-state index contributed by atoms with van der Waals surface area (Å²) in [6, 6.07) is 9.03. The maximum absolute atomic E-state index is 2.44. The highest BCUT2D eigenvalue weighted by Gasteiger charge is 2.18. The van der Waals surface area contributed by atoms with Crippen molar-refractivity contribution in [3.05, 3.63) is 35.4 Å². The number of hydrogen-bond acceptors (Lipinski definition) is 1. The molecule has 0 aromatic heterocycles. The maximum atomic E-state index is 2.44. The summed E-state index contributed by atoms with van der Waals surface area (Å²) >= 11 is 0. The topological polar surface area (TPSA) is 3.24 Å². The van der Waals surface area contributed by atoms with E-state index in [1.54, 1.807) is 0 Å². The molecule has 0 bridgehead atoms. The smallest absolute Gasteiger partial charge is 0.00472 e. The van der Waals surface area contributed by atoms with Gasteiger partial charge in [-0.1, -0.05) is 71.4 Å². The number of nitrogens with zero attached hydrogens (tertiary/aromatic N) is 1. The fourth-order valence-corrected chi connectivity index (χ4v) is 2.28. The van der Waals surface area contributed by atoms with Crippen LogP contribution in [0.25, 0.3) is 0 Å². The van der Waals surface area contributed by atoms with Crippen LogP contribution in [-0.4, -0.2) is 25.0 Å².